The maximum Gasteiger partial charge on any atom is 0.231 e. The molecule has 0 unspecified atom stereocenters. The van der Waals surface area contributed by atoms with E-state index in [0.717, 1.165) is 22.3 Å². The van der Waals surface area contributed by atoms with Crippen molar-refractivity contribution in [2.75, 3.05) is 13.9 Å². The van der Waals surface area contributed by atoms with Crippen molar-refractivity contribution in [3.8, 4) is 28.6 Å². The van der Waals surface area contributed by atoms with Gasteiger partial charge in [-0.25, -0.2) is 4.98 Å². The average Bonchev–Trinajstić information content (AvgIpc) is 3.49. The van der Waals surface area contributed by atoms with Gasteiger partial charge in [0.2, 0.25) is 17.4 Å². The van der Waals surface area contributed by atoms with Crippen molar-refractivity contribution >= 4 is 32.8 Å². The molecule has 1 aliphatic rings. The Morgan fingerprint density at radius 2 is 2.00 bits per heavy atom. The first-order valence-corrected chi connectivity index (χ1v) is 10.2. The van der Waals surface area contributed by atoms with Gasteiger partial charge >= 0.3 is 0 Å². The van der Waals surface area contributed by atoms with Gasteiger partial charge in [-0.1, -0.05) is 0 Å². The maximum atomic E-state index is 12.7. The van der Waals surface area contributed by atoms with Crippen LogP contribution >= 0.6 is 15.9 Å². The molecular weight excluding hydrogens is 468 g/mol. The predicted octanol–water partition coefficient (Wildman–Crippen LogP) is 3.58. The van der Waals surface area contributed by atoms with E-state index in [1.165, 1.54) is 0 Å². The number of carbonyl (C=O) groups is 1. The first-order valence-electron chi connectivity index (χ1n) is 9.43. The molecule has 31 heavy (non-hydrogen) atoms. The molecule has 3 heterocycles. The quantitative estimate of drug-likeness (QED) is 0.430. The van der Waals surface area contributed by atoms with Crippen molar-refractivity contribution in [3.05, 3.63) is 52.5 Å². The van der Waals surface area contributed by atoms with Gasteiger partial charge in [-0.2, -0.15) is 0 Å². The van der Waals surface area contributed by atoms with Gasteiger partial charge in [0.15, 0.2) is 11.5 Å². The smallest absolute Gasteiger partial charge is 0.231 e. The van der Waals surface area contributed by atoms with E-state index >= 15 is 0 Å². The van der Waals surface area contributed by atoms with Crippen LogP contribution in [0.5, 0.6) is 17.2 Å². The van der Waals surface area contributed by atoms with E-state index in [9.17, 15) is 4.79 Å². The van der Waals surface area contributed by atoms with Gasteiger partial charge in [0, 0.05) is 22.6 Å². The Kier molecular flexibility index (Phi) is 4.99. The van der Waals surface area contributed by atoms with E-state index in [0.29, 0.717) is 33.4 Å². The number of nitrogens with one attached hydrogen (secondary N) is 2. The number of benzene rings is 2. The maximum absolute atomic E-state index is 12.7. The van der Waals surface area contributed by atoms with E-state index in [1.54, 1.807) is 13.2 Å². The van der Waals surface area contributed by atoms with Crippen LogP contribution in [0.25, 0.3) is 22.3 Å². The molecule has 0 saturated heterocycles. The van der Waals surface area contributed by atoms with Crippen molar-refractivity contribution in [2.45, 2.75) is 13.0 Å². The summed E-state index contributed by atoms with van der Waals surface area (Å²) >= 11 is 3.18. The molecule has 1 aliphatic heterocycles. The zero-order valence-electron chi connectivity index (χ0n) is 16.4. The van der Waals surface area contributed by atoms with Gasteiger partial charge < -0.3 is 23.9 Å². The highest BCUT2D eigenvalue weighted by Crippen LogP contribution is 2.42. The summed E-state index contributed by atoms with van der Waals surface area (Å²) in [5, 5.41) is 10.3. The van der Waals surface area contributed by atoms with Crippen molar-refractivity contribution in [3.63, 3.8) is 0 Å². The number of amides is 1. The van der Waals surface area contributed by atoms with Crippen LogP contribution in [0.3, 0.4) is 0 Å². The largest absolute Gasteiger partial charge is 0.497 e. The summed E-state index contributed by atoms with van der Waals surface area (Å²) in [6, 6.07) is 11.1. The highest BCUT2D eigenvalue weighted by Gasteiger charge is 2.23. The van der Waals surface area contributed by atoms with Gasteiger partial charge in [-0.15, -0.1) is 5.10 Å². The van der Waals surface area contributed by atoms with Crippen LogP contribution < -0.4 is 19.5 Å². The minimum Gasteiger partial charge on any atom is -0.497 e. The number of hydrogen-bond donors (Lipinski definition) is 2. The van der Waals surface area contributed by atoms with Crippen LogP contribution in [-0.2, 0) is 17.8 Å². The van der Waals surface area contributed by atoms with E-state index in [4.69, 9.17) is 18.6 Å². The van der Waals surface area contributed by atoms with E-state index < -0.39 is 0 Å². The minimum atomic E-state index is -0.178. The summed E-state index contributed by atoms with van der Waals surface area (Å²) in [6.07, 6.45) is 0.114. The summed E-state index contributed by atoms with van der Waals surface area (Å²) in [5.41, 5.74) is 2.22. The first kappa shape index (κ1) is 19.4. The normalized spacial score (nSPS) is 12.3. The summed E-state index contributed by atoms with van der Waals surface area (Å²) in [7, 11) is 1.61. The number of fused-ring (bicyclic) bond motifs is 2. The lowest BCUT2D eigenvalue weighted by atomic mass is 10.0. The number of nitrogens with zero attached hydrogens (tertiary/aromatic N) is 2. The standard InChI is InChI=1S/C21H17BrN4O5/c1-28-12-4-2-11(3-5-12)20-14(7-19(27)23-9-18-24-21(22)26-25-18)13-6-16-17(30-10-29-16)8-15(13)31-20/h2-6,8H,7,9-10H2,1H3,(H,23,27)(H,24,25,26). The molecule has 158 valence electrons. The van der Waals surface area contributed by atoms with Crippen molar-refractivity contribution in [2.24, 2.45) is 0 Å². The highest BCUT2D eigenvalue weighted by molar-refractivity contribution is 9.10. The van der Waals surface area contributed by atoms with E-state index in [-0.39, 0.29) is 25.7 Å². The molecule has 1 amide bonds. The number of H-pyrrole nitrogens is 1. The van der Waals surface area contributed by atoms with Crippen LogP contribution in [-0.4, -0.2) is 35.0 Å². The number of ether oxygens (including phenoxy) is 3. The molecule has 10 heteroatoms. The molecule has 9 nitrogen and oxygen atoms in total. The lowest BCUT2D eigenvalue weighted by Gasteiger charge is -2.06. The molecule has 4 aromatic rings. The Labute approximate surface area is 184 Å². The second-order valence-electron chi connectivity index (χ2n) is 6.84. The molecule has 0 spiro atoms. The van der Waals surface area contributed by atoms with Crippen LogP contribution in [0.15, 0.2) is 45.5 Å². The van der Waals surface area contributed by atoms with Crippen molar-refractivity contribution in [1.29, 1.82) is 0 Å². The Bertz CT molecular complexity index is 1270. The number of aromatic amines is 1. The van der Waals surface area contributed by atoms with Gasteiger partial charge in [-0.05, 0) is 46.3 Å². The molecular formula is C21H17BrN4O5. The summed E-state index contributed by atoms with van der Waals surface area (Å²) in [4.78, 5) is 16.9. The molecule has 0 fully saturated rings. The van der Waals surface area contributed by atoms with Crippen molar-refractivity contribution in [1.82, 2.24) is 20.5 Å². The van der Waals surface area contributed by atoms with E-state index in [2.05, 4.69) is 36.4 Å². The van der Waals surface area contributed by atoms with Crippen LogP contribution in [0, 0.1) is 0 Å². The van der Waals surface area contributed by atoms with Crippen LogP contribution in [0.1, 0.15) is 11.4 Å². The van der Waals surface area contributed by atoms with Crippen LogP contribution in [0.2, 0.25) is 0 Å². The number of hydrogen-bond acceptors (Lipinski definition) is 7. The second kappa shape index (κ2) is 7.95. The van der Waals surface area contributed by atoms with Gasteiger partial charge in [0.05, 0.1) is 20.1 Å². The fraction of sp³-hybridized carbons (Fsp3) is 0.190. The summed E-state index contributed by atoms with van der Waals surface area (Å²) in [6.45, 7) is 0.396. The molecule has 0 atom stereocenters. The molecule has 2 N–H and O–H groups in total. The topological polar surface area (TPSA) is 112 Å². The zero-order valence-corrected chi connectivity index (χ0v) is 18.0. The Morgan fingerprint density at radius 3 is 2.71 bits per heavy atom. The third kappa shape index (κ3) is 3.81. The first-order chi connectivity index (χ1) is 15.1. The van der Waals surface area contributed by atoms with Gasteiger partial charge in [0.1, 0.15) is 22.9 Å². The summed E-state index contributed by atoms with van der Waals surface area (Å²) < 4.78 is 22.8. The van der Waals surface area contributed by atoms with Crippen molar-refractivity contribution < 1.29 is 23.4 Å². The molecule has 0 radical (unpaired) electrons. The number of aromatic nitrogens is 3. The third-order valence-corrected chi connectivity index (χ3v) is 5.29. The lowest BCUT2D eigenvalue weighted by Crippen LogP contribution is -2.25. The zero-order chi connectivity index (χ0) is 21.4. The molecule has 0 saturated carbocycles. The second-order valence-corrected chi connectivity index (χ2v) is 7.55. The number of halogens is 1. The SMILES string of the molecule is COc1ccc(-c2oc3cc4c(cc3c2CC(=O)NCc2nc(Br)n[nH]2)OCO4)cc1. The van der Waals surface area contributed by atoms with Gasteiger partial charge in [-0.3, -0.25) is 9.89 Å². The lowest BCUT2D eigenvalue weighted by molar-refractivity contribution is -0.120. The van der Waals surface area contributed by atoms with E-state index in [1.807, 2.05) is 30.3 Å². The number of methoxy groups -OCH3 is 1. The fourth-order valence-corrected chi connectivity index (χ4v) is 3.75. The molecule has 0 aliphatic carbocycles. The Hall–Kier alpha value is -3.53. The molecule has 0 bridgehead atoms. The monoisotopic (exact) mass is 484 g/mol. The summed E-state index contributed by atoms with van der Waals surface area (Å²) in [5.74, 6) is 2.97. The fourth-order valence-electron chi connectivity index (χ4n) is 3.44. The van der Waals surface area contributed by atoms with Crippen LogP contribution in [0.4, 0.5) is 0 Å². The molecule has 5 rings (SSSR count). The number of rotatable bonds is 6. The predicted molar refractivity (Wildman–Crippen MR) is 114 cm³/mol. The van der Waals surface area contributed by atoms with Gasteiger partial charge in [0.25, 0.3) is 0 Å². The third-order valence-electron chi connectivity index (χ3n) is 4.93. The highest BCUT2D eigenvalue weighted by atomic mass is 79.9. The molecule has 2 aromatic carbocycles. The number of furan rings is 1. The Balaban J connectivity index is 1.49. The Morgan fingerprint density at radius 1 is 1.23 bits per heavy atom. The molecule has 2 aromatic heterocycles. The minimum absolute atomic E-state index is 0.114. The average molecular weight is 485 g/mol. The number of carbonyl (C=O) groups excluding carboxylic acids is 1.